The number of hydrogen-bond donors (Lipinski definition) is 2. The molecule has 4 nitrogen and oxygen atoms in total. The third-order valence-corrected chi connectivity index (χ3v) is 2.46. The highest BCUT2D eigenvalue weighted by atomic mass is 15.4. The smallest absolute Gasteiger partial charge is 0.166 e. The Bertz CT molecular complexity index is 505. The number of hydrazine groups is 1. The molecule has 4 heteroatoms. The average Bonchev–Trinajstić information content (AvgIpc) is 2.39. The number of nitrogens with two attached hydrogens (primary N) is 1. The zero-order chi connectivity index (χ0) is 12.3. The highest BCUT2D eigenvalue weighted by molar-refractivity contribution is 6.05. The van der Waals surface area contributed by atoms with Crippen molar-refractivity contribution in [3.05, 3.63) is 59.9 Å². The number of aryl methyl sites for hydroxylation is 1. The van der Waals surface area contributed by atoms with E-state index in [9.17, 15) is 0 Å². The second-order valence-electron chi connectivity index (χ2n) is 3.77. The second kappa shape index (κ2) is 4.76. The van der Waals surface area contributed by atoms with Gasteiger partial charge in [0.2, 0.25) is 0 Å². The fourth-order valence-corrected chi connectivity index (χ4v) is 1.46. The van der Waals surface area contributed by atoms with Crippen molar-refractivity contribution in [3.63, 3.8) is 0 Å². The molecule has 3 N–H and O–H groups in total. The van der Waals surface area contributed by atoms with Gasteiger partial charge in [-0.15, -0.1) is 0 Å². The maximum Gasteiger partial charge on any atom is 0.166 e. The molecule has 0 spiro atoms. The lowest BCUT2D eigenvalue weighted by Gasteiger charge is -2.18. The van der Waals surface area contributed by atoms with Gasteiger partial charge in [0.25, 0.3) is 0 Å². The van der Waals surface area contributed by atoms with Crippen molar-refractivity contribution in [2.45, 2.75) is 6.92 Å². The van der Waals surface area contributed by atoms with Gasteiger partial charge in [0, 0.05) is 6.20 Å². The molecule has 1 aromatic heterocycles. The fourth-order valence-electron chi connectivity index (χ4n) is 1.46. The number of anilines is 1. The van der Waals surface area contributed by atoms with Crippen molar-refractivity contribution >= 4 is 11.5 Å². The van der Waals surface area contributed by atoms with Gasteiger partial charge in [-0.25, -0.2) is 5.84 Å². The minimum absolute atomic E-state index is 0.175. The molecule has 0 amide bonds. The van der Waals surface area contributed by atoms with E-state index in [4.69, 9.17) is 11.3 Å². The highest BCUT2D eigenvalue weighted by Gasteiger charge is 2.10. The van der Waals surface area contributed by atoms with Gasteiger partial charge >= 0.3 is 0 Å². The number of nitrogens with zero attached hydrogens (tertiary/aromatic N) is 2. The van der Waals surface area contributed by atoms with Crippen LogP contribution in [0, 0.1) is 12.3 Å². The SMILES string of the molecule is Cc1ccc(N(N)C(=N)c2ccccn2)cc1. The van der Waals surface area contributed by atoms with Gasteiger partial charge in [-0.3, -0.25) is 15.4 Å². The molecule has 2 aromatic rings. The van der Waals surface area contributed by atoms with Crippen LogP contribution >= 0.6 is 0 Å². The maximum absolute atomic E-state index is 7.97. The van der Waals surface area contributed by atoms with Gasteiger partial charge in [-0.05, 0) is 31.2 Å². The molecule has 0 atom stereocenters. The van der Waals surface area contributed by atoms with Crippen molar-refractivity contribution in [3.8, 4) is 0 Å². The normalized spacial score (nSPS) is 10.0. The maximum atomic E-state index is 7.97. The van der Waals surface area contributed by atoms with E-state index in [-0.39, 0.29) is 5.84 Å². The van der Waals surface area contributed by atoms with E-state index >= 15 is 0 Å². The summed E-state index contributed by atoms with van der Waals surface area (Å²) in [4.78, 5) is 4.10. The van der Waals surface area contributed by atoms with Crippen molar-refractivity contribution < 1.29 is 0 Å². The Morgan fingerprint density at radius 1 is 1.18 bits per heavy atom. The number of benzene rings is 1. The quantitative estimate of drug-likeness (QED) is 0.356. The van der Waals surface area contributed by atoms with Crippen LogP contribution in [0.5, 0.6) is 0 Å². The Morgan fingerprint density at radius 2 is 1.88 bits per heavy atom. The minimum Gasteiger partial charge on any atom is -0.281 e. The summed E-state index contributed by atoms with van der Waals surface area (Å²) in [7, 11) is 0. The van der Waals surface area contributed by atoms with Gasteiger partial charge < -0.3 is 0 Å². The van der Waals surface area contributed by atoms with Crippen molar-refractivity contribution in [1.82, 2.24) is 4.98 Å². The number of pyridine rings is 1. The van der Waals surface area contributed by atoms with E-state index in [0.717, 1.165) is 11.3 Å². The number of aromatic nitrogens is 1. The van der Waals surface area contributed by atoms with E-state index in [1.54, 1.807) is 12.3 Å². The lowest BCUT2D eigenvalue weighted by Crippen LogP contribution is -2.37. The summed E-state index contributed by atoms with van der Waals surface area (Å²) in [5, 5.41) is 9.29. The van der Waals surface area contributed by atoms with Gasteiger partial charge in [0.15, 0.2) is 5.84 Å². The van der Waals surface area contributed by atoms with Crippen molar-refractivity contribution in [1.29, 1.82) is 5.41 Å². The van der Waals surface area contributed by atoms with Crippen LogP contribution < -0.4 is 10.9 Å². The zero-order valence-corrected chi connectivity index (χ0v) is 9.59. The van der Waals surface area contributed by atoms with Gasteiger partial charge in [-0.1, -0.05) is 23.8 Å². The fraction of sp³-hybridized carbons (Fsp3) is 0.0769. The summed E-state index contributed by atoms with van der Waals surface area (Å²) >= 11 is 0. The third kappa shape index (κ3) is 2.49. The second-order valence-corrected chi connectivity index (χ2v) is 3.77. The standard InChI is InChI=1S/C13H14N4/c1-10-5-7-11(8-6-10)17(15)13(14)12-4-2-3-9-16-12/h2-9,14H,15H2,1H3. The number of hydrogen-bond acceptors (Lipinski definition) is 3. The van der Waals surface area contributed by atoms with E-state index in [2.05, 4.69) is 4.98 Å². The predicted octanol–water partition coefficient (Wildman–Crippen LogP) is 2.10. The molecule has 2 rings (SSSR count). The first kappa shape index (κ1) is 11.3. The summed E-state index contributed by atoms with van der Waals surface area (Å²) in [5.74, 6) is 6.06. The molecule has 0 unspecified atom stereocenters. The molecular weight excluding hydrogens is 212 g/mol. The summed E-state index contributed by atoms with van der Waals surface area (Å²) in [6, 6.07) is 13.1. The molecule has 0 bridgehead atoms. The Labute approximate surface area is 100 Å². The monoisotopic (exact) mass is 226 g/mol. The van der Waals surface area contributed by atoms with Crippen LogP contribution in [0.4, 0.5) is 5.69 Å². The Balaban J connectivity index is 2.23. The molecule has 0 aliphatic carbocycles. The van der Waals surface area contributed by atoms with E-state index < -0.39 is 0 Å². The average molecular weight is 226 g/mol. The lowest BCUT2D eigenvalue weighted by molar-refractivity contribution is 1.09. The Hall–Kier alpha value is -2.20. The van der Waals surface area contributed by atoms with E-state index in [0.29, 0.717) is 5.69 Å². The summed E-state index contributed by atoms with van der Waals surface area (Å²) in [6.45, 7) is 2.01. The Kier molecular flexibility index (Phi) is 3.16. The molecule has 17 heavy (non-hydrogen) atoms. The van der Waals surface area contributed by atoms with Gasteiger partial charge in [0.1, 0.15) is 5.69 Å². The highest BCUT2D eigenvalue weighted by Crippen LogP contribution is 2.13. The molecule has 0 saturated heterocycles. The minimum atomic E-state index is 0.175. The van der Waals surface area contributed by atoms with Crippen LogP contribution in [0.25, 0.3) is 0 Å². The number of rotatable bonds is 2. The first-order valence-corrected chi connectivity index (χ1v) is 5.30. The van der Waals surface area contributed by atoms with E-state index in [1.807, 2.05) is 43.3 Å². The van der Waals surface area contributed by atoms with Crippen molar-refractivity contribution in [2.24, 2.45) is 5.84 Å². The largest absolute Gasteiger partial charge is 0.281 e. The lowest BCUT2D eigenvalue weighted by atomic mass is 10.2. The zero-order valence-electron chi connectivity index (χ0n) is 9.59. The van der Waals surface area contributed by atoms with Crippen LogP contribution in [0.15, 0.2) is 48.7 Å². The molecule has 0 fully saturated rings. The van der Waals surface area contributed by atoms with Crippen LogP contribution in [-0.2, 0) is 0 Å². The van der Waals surface area contributed by atoms with Crippen molar-refractivity contribution in [2.75, 3.05) is 5.01 Å². The summed E-state index contributed by atoms with van der Waals surface area (Å²) < 4.78 is 0. The molecule has 0 saturated carbocycles. The number of nitrogens with one attached hydrogen (secondary N) is 1. The van der Waals surface area contributed by atoms with E-state index in [1.165, 1.54) is 5.01 Å². The molecular formula is C13H14N4. The summed E-state index contributed by atoms with van der Waals surface area (Å²) in [5.41, 5.74) is 2.48. The van der Waals surface area contributed by atoms with Gasteiger partial charge in [-0.2, -0.15) is 0 Å². The van der Waals surface area contributed by atoms with Crippen LogP contribution in [0.3, 0.4) is 0 Å². The molecule has 0 radical (unpaired) electrons. The number of amidine groups is 1. The Morgan fingerprint density at radius 3 is 2.47 bits per heavy atom. The van der Waals surface area contributed by atoms with Crippen LogP contribution in [-0.4, -0.2) is 10.8 Å². The topological polar surface area (TPSA) is 66.0 Å². The third-order valence-electron chi connectivity index (χ3n) is 2.46. The van der Waals surface area contributed by atoms with Gasteiger partial charge in [0.05, 0.1) is 5.69 Å². The van der Waals surface area contributed by atoms with Crippen LogP contribution in [0.1, 0.15) is 11.3 Å². The molecule has 1 heterocycles. The summed E-state index contributed by atoms with van der Waals surface area (Å²) in [6.07, 6.45) is 1.65. The van der Waals surface area contributed by atoms with Crippen LogP contribution in [0.2, 0.25) is 0 Å². The predicted molar refractivity (Wildman–Crippen MR) is 68.9 cm³/mol. The molecule has 0 aliphatic rings. The first-order valence-electron chi connectivity index (χ1n) is 5.30. The molecule has 86 valence electrons. The molecule has 0 aliphatic heterocycles. The molecule has 1 aromatic carbocycles. The first-order chi connectivity index (χ1) is 8.18.